The second kappa shape index (κ2) is 7.79. The number of amides is 1. The standard InChI is InChI=1S/C21H16IN3O2/c22-15-8-10-16(11-9-15)24-21(26)18-5-1-2-6-19(18)27-14-17-13-25-12-4-3-7-20(25)23-17/h1-13H,14H2,(H,24,26). The Balaban J connectivity index is 1.50. The summed E-state index contributed by atoms with van der Waals surface area (Å²) in [5.74, 6) is 0.319. The highest BCUT2D eigenvalue weighted by atomic mass is 127. The molecule has 0 saturated heterocycles. The third-order valence-corrected chi connectivity index (χ3v) is 4.74. The van der Waals surface area contributed by atoms with Crippen LogP contribution in [0, 0.1) is 3.57 Å². The number of halogens is 1. The van der Waals surface area contributed by atoms with Crippen molar-refractivity contribution in [1.29, 1.82) is 0 Å². The van der Waals surface area contributed by atoms with Gasteiger partial charge in [0.1, 0.15) is 18.0 Å². The highest BCUT2D eigenvalue weighted by molar-refractivity contribution is 14.1. The van der Waals surface area contributed by atoms with Crippen molar-refractivity contribution in [2.75, 3.05) is 5.32 Å². The molecule has 4 aromatic rings. The minimum atomic E-state index is -0.207. The van der Waals surface area contributed by atoms with E-state index in [4.69, 9.17) is 4.74 Å². The maximum atomic E-state index is 12.7. The van der Waals surface area contributed by atoms with Gasteiger partial charge in [0.05, 0.1) is 11.3 Å². The molecule has 0 fully saturated rings. The van der Waals surface area contributed by atoms with E-state index in [9.17, 15) is 4.79 Å². The highest BCUT2D eigenvalue weighted by Gasteiger charge is 2.13. The first-order chi connectivity index (χ1) is 13.2. The SMILES string of the molecule is O=C(Nc1ccc(I)cc1)c1ccccc1OCc1cn2ccccc2n1. The molecule has 27 heavy (non-hydrogen) atoms. The van der Waals surface area contributed by atoms with Gasteiger partial charge in [0, 0.05) is 21.7 Å². The Morgan fingerprint density at radius 3 is 2.63 bits per heavy atom. The fourth-order valence-electron chi connectivity index (χ4n) is 2.72. The third-order valence-electron chi connectivity index (χ3n) is 4.02. The molecule has 0 aliphatic rings. The van der Waals surface area contributed by atoms with Gasteiger partial charge in [-0.05, 0) is 71.1 Å². The van der Waals surface area contributed by atoms with Crippen LogP contribution in [0.3, 0.4) is 0 Å². The summed E-state index contributed by atoms with van der Waals surface area (Å²) in [6.07, 6.45) is 3.86. The van der Waals surface area contributed by atoms with Gasteiger partial charge in [-0.1, -0.05) is 18.2 Å². The molecule has 0 saturated carbocycles. The van der Waals surface area contributed by atoms with Crippen LogP contribution in [0.2, 0.25) is 0 Å². The van der Waals surface area contributed by atoms with Gasteiger partial charge < -0.3 is 14.5 Å². The minimum Gasteiger partial charge on any atom is -0.486 e. The number of aromatic nitrogens is 2. The van der Waals surface area contributed by atoms with Gasteiger partial charge in [-0.25, -0.2) is 4.98 Å². The Hall–Kier alpha value is -2.87. The first-order valence-electron chi connectivity index (χ1n) is 8.40. The molecular formula is C21H16IN3O2. The van der Waals surface area contributed by atoms with Crippen LogP contribution in [0.4, 0.5) is 5.69 Å². The van der Waals surface area contributed by atoms with Crippen LogP contribution >= 0.6 is 22.6 Å². The van der Waals surface area contributed by atoms with Crippen LogP contribution in [0.1, 0.15) is 16.1 Å². The molecule has 0 aliphatic heterocycles. The lowest BCUT2D eigenvalue weighted by molar-refractivity contribution is 0.102. The normalized spacial score (nSPS) is 10.7. The van der Waals surface area contributed by atoms with Gasteiger partial charge in [0.25, 0.3) is 5.91 Å². The van der Waals surface area contributed by atoms with Crippen molar-refractivity contribution in [2.24, 2.45) is 0 Å². The number of benzene rings is 2. The van der Waals surface area contributed by atoms with Gasteiger partial charge in [-0.2, -0.15) is 0 Å². The number of para-hydroxylation sites is 1. The molecular weight excluding hydrogens is 453 g/mol. The first kappa shape index (κ1) is 17.5. The zero-order valence-electron chi connectivity index (χ0n) is 14.3. The molecule has 2 heterocycles. The number of carbonyl (C=O) groups is 1. The van der Waals surface area contributed by atoms with E-state index in [1.807, 2.05) is 71.4 Å². The molecule has 0 aliphatic carbocycles. The van der Waals surface area contributed by atoms with Crippen molar-refractivity contribution in [3.63, 3.8) is 0 Å². The number of anilines is 1. The zero-order chi connectivity index (χ0) is 18.6. The van der Waals surface area contributed by atoms with Gasteiger partial charge in [-0.15, -0.1) is 0 Å². The molecule has 4 rings (SSSR count). The number of pyridine rings is 1. The summed E-state index contributed by atoms with van der Waals surface area (Å²) in [7, 11) is 0. The van der Waals surface area contributed by atoms with Crippen molar-refractivity contribution in [2.45, 2.75) is 6.61 Å². The van der Waals surface area contributed by atoms with Crippen LogP contribution < -0.4 is 10.1 Å². The Bertz CT molecular complexity index is 1060. The van der Waals surface area contributed by atoms with Gasteiger partial charge in [0.15, 0.2) is 0 Å². The molecule has 1 amide bonds. The molecule has 134 valence electrons. The Morgan fingerprint density at radius 1 is 1.04 bits per heavy atom. The lowest BCUT2D eigenvalue weighted by Crippen LogP contribution is -2.13. The molecule has 6 heteroatoms. The lowest BCUT2D eigenvalue weighted by atomic mass is 10.2. The molecule has 2 aromatic heterocycles. The molecule has 2 aromatic carbocycles. The third kappa shape index (κ3) is 4.11. The van der Waals surface area contributed by atoms with Gasteiger partial charge >= 0.3 is 0 Å². The number of carbonyl (C=O) groups excluding carboxylic acids is 1. The molecule has 0 unspecified atom stereocenters. The van der Waals surface area contributed by atoms with E-state index in [-0.39, 0.29) is 12.5 Å². The quantitative estimate of drug-likeness (QED) is 0.429. The maximum absolute atomic E-state index is 12.7. The predicted molar refractivity (Wildman–Crippen MR) is 113 cm³/mol. The summed E-state index contributed by atoms with van der Waals surface area (Å²) in [5.41, 5.74) is 2.89. The van der Waals surface area contributed by atoms with Crippen molar-refractivity contribution in [3.8, 4) is 5.75 Å². The van der Waals surface area contributed by atoms with E-state index >= 15 is 0 Å². The summed E-state index contributed by atoms with van der Waals surface area (Å²) in [4.78, 5) is 17.2. The maximum Gasteiger partial charge on any atom is 0.259 e. The number of hydrogen-bond donors (Lipinski definition) is 1. The topological polar surface area (TPSA) is 55.6 Å². The Morgan fingerprint density at radius 2 is 1.81 bits per heavy atom. The van der Waals surface area contributed by atoms with E-state index in [1.54, 1.807) is 12.1 Å². The van der Waals surface area contributed by atoms with Crippen molar-refractivity contribution in [3.05, 3.63) is 94.0 Å². The molecule has 5 nitrogen and oxygen atoms in total. The Kier molecular flexibility index (Phi) is 5.06. The number of imidazole rings is 1. The number of hydrogen-bond acceptors (Lipinski definition) is 3. The van der Waals surface area contributed by atoms with Gasteiger partial charge in [0.2, 0.25) is 0 Å². The van der Waals surface area contributed by atoms with Crippen LogP contribution in [0.15, 0.2) is 79.1 Å². The van der Waals surface area contributed by atoms with E-state index in [0.717, 1.165) is 20.6 Å². The first-order valence-corrected chi connectivity index (χ1v) is 9.48. The molecule has 0 radical (unpaired) electrons. The van der Waals surface area contributed by atoms with E-state index in [1.165, 1.54) is 0 Å². The predicted octanol–water partition coefficient (Wildman–Crippen LogP) is 4.77. The van der Waals surface area contributed by atoms with Gasteiger partial charge in [-0.3, -0.25) is 4.79 Å². The van der Waals surface area contributed by atoms with E-state index in [2.05, 4.69) is 32.9 Å². The number of nitrogens with one attached hydrogen (secondary N) is 1. The average Bonchev–Trinajstić information content (AvgIpc) is 3.11. The fourth-order valence-corrected chi connectivity index (χ4v) is 3.08. The highest BCUT2D eigenvalue weighted by Crippen LogP contribution is 2.21. The summed E-state index contributed by atoms with van der Waals surface area (Å²) < 4.78 is 8.94. The number of rotatable bonds is 5. The molecule has 0 bridgehead atoms. The monoisotopic (exact) mass is 469 g/mol. The summed E-state index contributed by atoms with van der Waals surface area (Å²) in [5, 5.41) is 2.90. The fraction of sp³-hybridized carbons (Fsp3) is 0.0476. The van der Waals surface area contributed by atoms with Crippen LogP contribution in [0.25, 0.3) is 5.65 Å². The van der Waals surface area contributed by atoms with Crippen molar-refractivity contribution >= 4 is 39.8 Å². The lowest BCUT2D eigenvalue weighted by Gasteiger charge is -2.11. The largest absolute Gasteiger partial charge is 0.486 e. The summed E-state index contributed by atoms with van der Waals surface area (Å²) >= 11 is 2.23. The van der Waals surface area contributed by atoms with Crippen LogP contribution in [0.5, 0.6) is 5.75 Å². The number of ether oxygens (including phenoxy) is 1. The van der Waals surface area contributed by atoms with Crippen LogP contribution in [-0.2, 0) is 6.61 Å². The zero-order valence-corrected chi connectivity index (χ0v) is 16.5. The minimum absolute atomic E-state index is 0.207. The molecule has 0 atom stereocenters. The van der Waals surface area contributed by atoms with E-state index < -0.39 is 0 Å². The van der Waals surface area contributed by atoms with Crippen molar-refractivity contribution in [1.82, 2.24) is 9.38 Å². The Labute approximate surface area is 170 Å². The molecule has 1 N–H and O–H groups in total. The summed E-state index contributed by atoms with van der Waals surface area (Å²) in [6.45, 7) is 0.287. The summed E-state index contributed by atoms with van der Waals surface area (Å²) in [6, 6.07) is 20.7. The second-order valence-corrected chi connectivity index (χ2v) is 7.19. The smallest absolute Gasteiger partial charge is 0.259 e. The van der Waals surface area contributed by atoms with Crippen LogP contribution in [-0.4, -0.2) is 15.3 Å². The molecule has 0 spiro atoms. The second-order valence-electron chi connectivity index (χ2n) is 5.94. The van der Waals surface area contributed by atoms with Crippen molar-refractivity contribution < 1.29 is 9.53 Å². The average molecular weight is 469 g/mol. The number of nitrogens with zero attached hydrogens (tertiary/aromatic N) is 2. The van der Waals surface area contributed by atoms with E-state index in [0.29, 0.717) is 11.3 Å². The number of fused-ring (bicyclic) bond motifs is 1.